The number of nitrogens with zero attached hydrogens (tertiary/aromatic N) is 1. The van der Waals surface area contributed by atoms with Gasteiger partial charge in [-0.15, -0.1) is 0 Å². The molecule has 0 aromatic heterocycles. The lowest BCUT2D eigenvalue weighted by atomic mass is 10.1. The Morgan fingerprint density at radius 3 is 2.50 bits per heavy atom. The molecular formula is C15H10FNO3. The van der Waals surface area contributed by atoms with Crippen LogP contribution in [0.15, 0.2) is 54.6 Å². The van der Waals surface area contributed by atoms with Crippen LogP contribution in [0.5, 0.6) is 0 Å². The molecule has 0 aliphatic carbocycles. The second-order valence-corrected chi connectivity index (χ2v) is 4.06. The van der Waals surface area contributed by atoms with Gasteiger partial charge in [-0.05, 0) is 23.8 Å². The zero-order chi connectivity index (χ0) is 14.5. The van der Waals surface area contributed by atoms with Crippen molar-refractivity contribution in [3.05, 3.63) is 81.7 Å². The highest BCUT2D eigenvalue weighted by atomic mass is 19.1. The molecule has 0 saturated carbocycles. The van der Waals surface area contributed by atoms with Gasteiger partial charge in [-0.3, -0.25) is 14.9 Å². The van der Waals surface area contributed by atoms with E-state index in [9.17, 15) is 19.3 Å². The van der Waals surface area contributed by atoms with Crippen molar-refractivity contribution in [3.8, 4) is 0 Å². The van der Waals surface area contributed by atoms with Gasteiger partial charge >= 0.3 is 0 Å². The van der Waals surface area contributed by atoms with Gasteiger partial charge in [0, 0.05) is 17.7 Å². The number of nitro benzene ring substituents is 1. The molecule has 0 heterocycles. The number of nitro groups is 1. The van der Waals surface area contributed by atoms with Crippen LogP contribution in [0.3, 0.4) is 0 Å². The first kappa shape index (κ1) is 13.6. The highest BCUT2D eigenvalue weighted by Crippen LogP contribution is 2.14. The lowest BCUT2D eigenvalue weighted by Gasteiger charge is -1.96. The van der Waals surface area contributed by atoms with Crippen molar-refractivity contribution in [1.82, 2.24) is 0 Å². The molecule has 5 heteroatoms. The number of carbonyl (C=O) groups excluding carboxylic acids is 1. The highest BCUT2D eigenvalue weighted by Gasteiger charge is 2.09. The summed E-state index contributed by atoms with van der Waals surface area (Å²) in [6.07, 6.45) is 2.83. The van der Waals surface area contributed by atoms with Gasteiger partial charge in [-0.1, -0.05) is 30.3 Å². The van der Waals surface area contributed by atoms with E-state index in [2.05, 4.69) is 0 Å². The lowest BCUT2D eigenvalue weighted by molar-refractivity contribution is -0.384. The first-order chi connectivity index (χ1) is 9.56. The third-order valence-electron chi connectivity index (χ3n) is 2.64. The van der Waals surface area contributed by atoms with E-state index in [0.29, 0.717) is 5.56 Å². The van der Waals surface area contributed by atoms with Crippen molar-refractivity contribution in [2.75, 3.05) is 0 Å². The predicted octanol–water partition coefficient (Wildman–Crippen LogP) is 3.63. The Balaban J connectivity index is 2.17. The van der Waals surface area contributed by atoms with Gasteiger partial charge < -0.3 is 0 Å². The van der Waals surface area contributed by atoms with Crippen molar-refractivity contribution in [3.63, 3.8) is 0 Å². The maximum atomic E-state index is 12.7. The van der Waals surface area contributed by atoms with Gasteiger partial charge in [0.2, 0.25) is 0 Å². The van der Waals surface area contributed by atoms with Crippen LogP contribution in [0, 0.1) is 15.9 Å². The molecule has 0 N–H and O–H groups in total. The topological polar surface area (TPSA) is 60.2 Å². The summed E-state index contributed by atoms with van der Waals surface area (Å²) in [5, 5.41) is 10.6. The minimum atomic E-state index is -0.555. The van der Waals surface area contributed by atoms with Gasteiger partial charge in [-0.25, -0.2) is 4.39 Å². The molecule has 2 aromatic carbocycles. The first-order valence-corrected chi connectivity index (χ1v) is 5.79. The van der Waals surface area contributed by atoms with E-state index in [1.807, 2.05) is 0 Å². The van der Waals surface area contributed by atoms with Crippen molar-refractivity contribution in [1.29, 1.82) is 0 Å². The lowest BCUT2D eigenvalue weighted by Crippen LogP contribution is -1.96. The van der Waals surface area contributed by atoms with E-state index in [1.165, 1.54) is 60.7 Å². The highest BCUT2D eigenvalue weighted by molar-refractivity contribution is 6.07. The number of non-ortho nitro benzene ring substituents is 1. The van der Waals surface area contributed by atoms with Gasteiger partial charge in [0.25, 0.3) is 5.69 Å². The largest absolute Gasteiger partial charge is 0.289 e. The van der Waals surface area contributed by atoms with Crippen molar-refractivity contribution in [2.45, 2.75) is 0 Å². The smallest absolute Gasteiger partial charge is 0.270 e. The fourth-order valence-corrected chi connectivity index (χ4v) is 1.61. The van der Waals surface area contributed by atoms with Crippen molar-refractivity contribution < 1.29 is 14.1 Å². The number of hydrogen-bond donors (Lipinski definition) is 0. The van der Waals surface area contributed by atoms with Crippen LogP contribution in [0.2, 0.25) is 0 Å². The molecule has 0 aliphatic rings. The summed E-state index contributed by atoms with van der Waals surface area (Å²) in [7, 11) is 0. The number of ketones is 1. The van der Waals surface area contributed by atoms with E-state index >= 15 is 0 Å². The Morgan fingerprint density at radius 1 is 1.15 bits per heavy atom. The summed E-state index contributed by atoms with van der Waals surface area (Å²) in [6, 6.07) is 11.1. The van der Waals surface area contributed by atoms with Crippen LogP contribution in [-0.4, -0.2) is 10.7 Å². The molecule has 0 aliphatic heterocycles. The molecule has 2 rings (SSSR count). The van der Waals surface area contributed by atoms with Gasteiger partial charge in [0.05, 0.1) is 4.92 Å². The van der Waals surface area contributed by atoms with E-state index in [0.717, 1.165) is 0 Å². The molecule has 0 atom stereocenters. The zero-order valence-corrected chi connectivity index (χ0v) is 10.3. The van der Waals surface area contributed by atoms with Crippen LogP contribution in [-0.2, 0) is 0 Å². The number of rotatable bonds is 4. The minimum Gasteiger partial charge on any atom is -0.289 e. The van der Waals surface area contributed by atoms with Crippen LogP contribution in [0.25, 0.3) is 6.08 Å². The molecular weight excluding hydrogens is 261 g/mol. The zero-order valence-electron chi connectivity index (χ0n) is 10.3. The number of halogens is 1. The average Bonchev–Trinajstić information content (AvgIpc) is 2.46. The SMILES string of the molecule is O=C(/C=C/c1ccc(F)cc1)c1cccc([N+](=O)[O-])c1. The molecule has 0 unspecified atom stereocenters. The Hall–Kier alpha value is -2.82. The number of hydrogen-bond acceptors (Lipinski definition) is 3. The standard InChI is InChI=1S/C15H10FNO3/c16-13-7-4-11(5-8-13)6-9-15(18)12-2-1-3-14(10-12)17(19)20/h1-10H/b9-6+. The third kappa shape index (κ3) is 3.35. The Kier molecular flexibility index (Phi) is 4.00. The van der Waals surface area contributed by atoms with Gasteiger partial charge in [-0.2, -0.15) is 0 Å². The fraction of sp³-hybridized carbons (Fsp3) is 0. The third-order valence-corrected chi connectivity index (χ3v) is 2.64. The number of benzene rings is 2. The molecule has 0 spiro atoms. The summed E-state index contributed by atoms with van der Waals surface area (Å²) < 4.78 is 12.7. The Morgan fingerprint density at radius 2 is 1.85 bits per heavy atom. The molecule has 100 valence electrons. The molecule has 0 bridgehead atoms. The maximum absolute atomic E-state index is 12.7. The van der Waals surface area contributed by atoms with E-state index in [1.54, 1.807) is 0 Å². The fourth-order valence-electron chi connectivity index (χ4n) is 1.61. The minimum absolute atomic E-state index is 0.133. The quantitative estimate of drug-likeness (QED) is 0.369. The van der Waals surface area contributed by atoms with Crippen LogP contribution in [0.4, 0.5) is 10.1 Å². The van der Waals surface area contributed by atoms with Crippen LogP contribution < -0.4 is 0 Å². The summed E-state index contributed by atoms with van der Waals surface area (Å²) in [5.41, 5.74) is 0.772. The van der Waals surface area contributed by atoms with Crippen LogP contribution >= 0.6 is 0 Å². The van der Waals surface area contributed by atoms with E-state index in [4.69, 9.17) is 0 Å². The summed E-state index contributed by atoms with van der Waals surface area (Å²) >= 11 is 0. The second kappa shape index (κ2) is 5.88. The predicted molar refractivity (Wildman–Crippen MR) is 72.9 cm³/mol. The van der Waals surface area contributed by atoms with Gasteiger partial charge in [0.15, 0.2) is 5.78 Å². The summed E-state index contributed by atoms with van der Waals surface area (Å²) in [5.74, 6) is -0.704. The number of carbonyl (C=O) groups is 1. The maximum Gasteiger partial charge on any atom is 0.270 e. The molecule has 0 radical (unpaired) electrons. The average molecular weight is 271 g/mol. The second-order valence-electron chi connectivity index (χ2n) is 4.06. The van der Waals surface area contributed by atoms with Gasteiger partial charge in [0.1, 0.15) is 5.82 Å². The Labute approximate surface area is 114 Å². The molecule has 4 nitrogen and oxygen atoms in total. The van der Waals surface area contributed by atoms with E-state index in [-0.39, 0.29) is 22.9 Å². The van der Waals surface area contributed by atoms with E-state index < -0.39 is 4.92 Å². The molecule has 20 heavy (non-hydrogen) atoms. The normalized spacial score (nSPS) is 10.7. The van der Waals surface area contributed by atoms with Crippen LogP contribution in [0.1, 0.15) is 15.9 Å². The molecule has 0 saturated heterocycles. The molecule has 2 aromatic rings. The monoisotopic (exact) mass is 271 g/mol. The Bertz CT molecular complexity index is 678. The summed E-state index contributed by atoms with van der Waals surface area (Å²) in [6.45, 7) is 0. The van der Waals surface area contributed by atoms with Crippen molar-refractivity contribution >= 4 is 17.5 Å². The van der Waals surface area contributed by atoms with Crippen molar-refractivity contribution in [2.24, 2.45) is 0 Å². The molecule has 0 fully saturated rings. The first-order valence-electron chi connectivity index (χ1n) is 5.79. The summed E-state index contributed by atoms with van der Waals surface area (Å²) in [4.78, 5) is 21.9. The molecule has 0 amide bonds. The number of allylic oxidation sites excluding steroid dienone is 1.